The number of carboxylic acids is 1. The first kappa shape index (κ1) is 18.7. The predicted octanol–water partition coefficient (Wildman–Crippen LogP) is 5.59. The molecule has 1 N–H and O–H groups in total. The topological polar surface area (TPSA) is 59.4 Å². The average molecular weight is 383 g/mol. The number of nitrogens with zero attached hydrogens (tertiary/aromatic N) is 1. The summed E-state index contributed by atoms with van der Waals surface area (Å²) < 4.78 is 5.54. The fraction of sp³-hybridized carbons (Fsp3) is 0.120. The average Bonchev–Trinajstić information content (AvgIpc) is 2.74. The van der Waals surface area contributed by atoms with Crippen molar-refractivity contribution in [2.75, 3.05) is 6.61 Å². The fourth-order valence-corrected chi connectivity index (χ4v) is 3.62. The number of aromatic nitrogens is 1. The number of pyridine rings is 1. The third kappa shape index (κ3) is 3.83. The molecule has 4 heteroatoms. The number of para-hydroxylation sites is 1. The molecular weight excluding hydrogens is 362 g/mol. The first-order valence-electron chi connectivity index (χ1n) is 9.59. The Morgan fingerprint density at radius 1 is 0.897 bits per heavy atom. The van der Waals surface area contributed by atoms with Gasteiger partial charge in [0.05, 0.1) is 24.2 Å². The number of fused-ring (bicyclic) bond motifs is 1. The largest absolute Gasteiger partial charge is 0.494 e. The van der Waals surface area contributed by atoms with Crippen molar-refractivity contribution in [2.45, 2.75) is 13.3 Å². The van der Waals surface area contributed by atoms with Crippen molar-refractivity contribution in [3.63, 3.8) is 0 Å². The highest BCUT2D eigenvalue weighted by Gasteiger charge is 2.20. The Morgan fingerprint density at radius 2 is 1.59 bits per heavy atom. The second-order valence-corrected chi connectivity index (χ2v) is 6.73. The molecule has 0 saturated carbocycles. The molecule has 4 rings (SSSR count). The number of ether oxygens (including phenoxy) is 1. The molecule has 0 aliphatic rings. The normalized spacial score (nSPS) is 10.8. The first-order chi connectivity index (χ1) is 14.2. The van der Waals surface area contributed by atoms with E-state index in [9.17, 15) is 9.90 Å². The lowest BCUT2D eigenvalue weighted by atomic mass is 9.90. The lowest BCUT2D eigenvalue weighted by Crippen LogP contribution is -2.06. The van der Waals surface area contributed by atoms with E-state index in [-0.39, 0.29) is 6.42 Å². The lowest BCUT2D eigenvalue weighted by Gasteiger charge is -2.17. The van der Waals surface area contributed by atoms with Crippen LogP contribution in [0.4, 0.5) is 0 Å². The molecule has 0 bridgehead atoms. The van der Waals surface area contributed by atoms with Gasteiger partial charge in [0.15, 0.2) is 0 Å². The van der Waals surface area contributed by atoms with Crippen LogP contribution in [-0.2, 0) is 11.2 Å². The van der Waals surface area contributed by atoms with Crippen molar-refractivity contribution in [3.8, 4) is 28.1 Å². The van der Waals surface area contributed by atoms with Crippen LogP contribution in [-0.4, -0.2) is 22.7 Å². The summed E-state index contributed by atoms with van der Waals surface area (Å²) in [4.78, 5) is 16.6. The number of carboxylic acid groups (broad SMARTS) is 1. The molecule has 0 aliphatic carbocycles. The molecule has 0 atom stereocenters. The van der Waals surface area contributed by atoms with Crippen LogP contribution in [0.2, 0.25) is 0 Å². The van der Waals surface area contributed by atoms with E-state index in [0.29, 0.717) is 17.9 Å². The zero-order chi connectivity index (χ0) is 20.2. The van der Waals surface area contributed by atoms with E-state index in [0.717, 1.165) is 33.3 Å². The summed E-state index contributed by atoms with van der Waals surface area (Å²) in [6.45, 7) is 2.53. The van der Waals surface area contributed by atoms with E-state index >= 15 is 0 Å². The van der Waals surface area contributed by atoms with Crippen LogP contribution in [0.15, 0.2) is 78.9 Å². The van der Waals surface area contributed by atoms with Gasteiger partial charge >= 0.3 is 5.97 Å². The zero-order valence-corrected chi connectivity index (χ0v) is 16.1. The SMILES string of the molecule is CCOc1ccc(-c2nc3ccccc3c(-c3ccccc3)c2CC(=O)O)cc1. The van der Waals surface area contributed by atoms with E-state index in [1.54, 1.807) is 0 Å². The highest BCUT2D eigenvalue weighted by Crippen LogP contribution is 2.37. The summed E-state index contributed by atoms with van der Waals surface area (Å²) in [6.07, 6.45) is -0.107. The molecule has 144 valence electrons. The molecule has 1 aromatic heterocycles. The molecule has 4 aromatic rings. The van der Waals surface area contributed by atoms with Gasteiger partial charge in [-0.25, -0.2) is 4.98 Å². The van der Waals surface area contributed by atoms with Crippen molar-refractivity contribution in [1.29, 1.82) is 0 Å². The molecule has 0 aliphatic heterocycles. The van der Waals surface area contributed by atoms with E-state index in [4.69, 9.17) is 9.72 Å². The van der Waals surface area contributed by atoms with Gasteiger partial charge in [0.25, 0.3) is 0 Å². The number of aliphatic carboxylic acids is 1. The molecule has 3 aromatic carbocycles. The molecule has 0 unspecified atom stereocenters. The van der Waals surface area contributed by atoms with Gasteiger partial charge in [-0.2, -0.15) is 0 Å². The molecule has 29 heavy (non-hydrogen) atoms. The Hall–Kier alpha value is -3.66. The number of hydrogen-bond acceptors (Lipinski definition) is 3. The number of benzene rings is 3. The third-order valence-corrected chi connectivity index (χ3v) is 4.82. The van der Waals surface area contributed by atoms with Crippen LogP contribution in [0, 0.1) is 0 Å². The highest BCUT2D eigenvalue weighted by atomic mass is 16.5. The highest BCUT2D eigenvalue weighted by molar-refractivity contribution is 6.00. The minimum atomic E-state index is -0.883. The monoisotopic (exact) mass is 383 g/mol. The standard InChI is InChI=1S/C25H21NO3/c1-2-29-19-14-12-18(13-15-19)25-21(16-23(27)28)24(17-8-4-3-5-9-17)20-10-6-7-11-22(20)26-25/h3-15H,2,16H2,1H3,(H,27,28). The van der Waals surface area contributed by atoms with E-state index in [1.165, 1.54) is 0 Å². The summed E-state index contributed by atoms with van der Waals surface area (Å²) in [6, 6.07) is 25.4. The minimum Gasteiger partial charge on any atom is -0.494 e. The molecule has 0 amide bonds. The second-order valence-electron chi connectivity index (χ2n) is 6.73. The van der Waals surface area contributed by atoms with Gasteiger partial charge in [-0.3, -0.25) is 4.79 Å². The van der Waals surface area contributed by atoms with Gasteiger partial charge in [0.2, 0.25) is 0 Å². The minimum absolute atomic E-state index is 0.107. The summed E-state index contributed by atoms with van der Waals surface area (Å²) in [5.41, 5.74) is 5.01. The maximum Gasteiger partial charge on any atom is 0.307 e. The molecule has 0 radical (unpaired) electrons. The van der Waals surface area contributed by atoms with Crippen molar-refractivity contribution in [2.24, 2.45) is 0 Å². The van der Waals surface area contributed by atoms with E-state index in [2.05, 4.69) is 0 Å². The Bertz CT molecular complexity index is 1150. The molecule has 0 spiro atoms. The molecular formula is C25H21NO3. The van der Waals surface area contributed by atoms with E-state index in [1.807, 2.05) is 85.8 Å². The molecule has 1 heterocycles. The molecule has 0 saturated heterocycles. The second kappa shape index (κ2) is 8.15. The quantitative estimate of drug-likeness (QED) is 0.471. The fourth-order valence-electron chi connectivity index (χ4n) is 3.62. The van der Waals surface area contributed by atoms with Gasteiger partial charge in [-0.1, -0.05) is 48.5 Å². The zero-order valence-electron chi connectivity index (χ0n) is 16.1. The maximum absolute atomic E-state index is 11.8. The smallest absolute Gasteiger partial charge is 0.307 e. The van der Waals surface area contributed by atoms with Crippen LogP contribution >= 0.6 is 0 Å². The van der Waals surface area contributed by atoms with E-state index < -0.39 is 5.97 Å². The Balaban J connectivity index is 2.02. The Morgan fingerprint density at radius 3 is 2.28 bits per heavy atom. The van der Waals surface area contributed by atoms with Crippen molar-refractivity contribution < 1.29 is 14.6 Å². The Labute approximate surface area is 169 Å². The van der Waals surface area contributed by atoms with Gasteiger partial charge in [0, 0.05) is 10.9 Å². The van der Waals surface area contributed by atoms with Gasteiger partial charge in [-0.15, -0.1) is 0 Å². The van der Waals surface area contributed by atoms with Crippen molar-refractivity contribution in [1.82, 2.24) is 4.98 Å². The summed E-state index contributed by atoms with van der Waals surface area (Å²) in [5, 5.41) is 10.6. The third-order valence-electron chi connectivity index (χ3n) is 4.82. The van der Waals surface area contributed by atoms with Crippen molar-refractivity contribution in [3.05, 3.63) is 84.4 Å². The summed E-state index contributed by atoms with van der Waals surface area (Å²) in [5.74, 6) is -0.105. The van der Waals surface area contributed by atoms with Crippen LogP contribution in [0.1, 0.15) is 12.5 Å². The first-order valence-corrected chi connectivity index (χ1v) is 9.59. The molecule has 4 nitrogen and oxygen atoms in total. The molecule has 0 fully saturated rings. The van der Waals surface area contributed by atoms with Gasteiger partial charge in [0.1, 0.15) is 5.75 Å². The van der Waals surface area contributed by atoms with Crippen LogP contribution in [0.3, 0.4) is 0 Å². The van der Waals surface area contributed by atoms with Crippen LogP contribution in [0.25, 0.3) is 33.3 Å². The number of carbonyl (C=O) groups is 1. The summed E-state index contributed by atoms with van der Waals surface area (Å²) in [7, 11) is 0. The van der Waals surface area contributed by atoms with Gasteiger partial charge in [-0.05, 0) is 53.9 Å². The van der Waals surface area contributed by atoms with Crippen LogP contribution in [0.5, 0.6) is 5.75 Å². The van der Waals surface area contributed by atoms with Crippen molar-refractivity contribution >= 4 is 16.9 Å². The maximum atomic E-state index is 11.8. The summed E-state index contributed by atoms with van der Waals surface area (Å²) >= 11 is 0. The van der Waals surface area contributed by atoms with Gasteiger partial charge < -0.3 is 9.84 Å². The lowest BCUT2D eigenvalue weighted by molar-refractivity contribution is -0.136. The predicted molar refractivity (Wildman–Crippen MR) is 115 cm³/mol. The number of hydrogen-bond donors (Lipinski definition) is 1. The number of rotatable bonds is 6. The van der Waals surface area contributed by atoms with Crippen LogP contribution < -0.4 is 4.74 Å². The Kier molecular flexibility index (Phi) is 5.25.